The SMILES string of the molecule is CS(=O)(=O)N1CCO[C@@]2(COCCN(Cc3ccncc3)C2)C1. The number of hydrogen-bond donors (Lipinski definition) is 0. The second kappa shape index (κ2) is 6.82. The van der Waals surface area contributed by atoms with Gasteiger partial charge in [-0.05, 0) is 17.7 Å². The zero-order chi connectivity index (χ0) is 16.3. The number of rotatable bonds is 3. The molecule has 3 rings (SSSR count). The number of nitrogens with zero attached hydrogens (tertiary/aromatic N) is 3. The predicted molar refractivity (Wildman–Crippen MR) is 85.4 cm³/mol. The summed E-state index contributed by atoms with van der Waals surface area (Å²) in [4.78, 5) is 6.29. The topological polar surface area (TPSA) is 72.0 Å². The molecule has 0 radical (unpaired) electrons. The van der Waals surface area contributed by atoms with E-state index in [1.807, 2.05) is 12.1 Å². The molecule has 7 nitrogen and oxygen atoms in total. The molecule has 2 saturated heterocycles. The number of sulfonamides is 1. The van der Waals surface area contributed by atoms with Crippen molar-refractivity contribution in [1.29, 1.82) is 0 Å². The van der Waals surface area contributed by atoms with Crippen LogP contribution in [0.5, 0.6) is 0 Å². The molecule has 0 unspecified atom stereocenters. The third-order valence-electron chi connectivity index (χ3n) is 4.27. The second-order valence-corrected chi connectivity index (χ2v) is 8.23. The van der Waals surface area contributed by atoms with Gasteiger partial charge in [0.05, 0.1) is 26.1 Å². The van der Waals surface area contributed by atoms with E-state index < -0.39 is 15.6 Å². The van der Waals surface area contributed by atoms with Crippen LogP contribution in [-0.4, -0.2) is 80.5 Å². The fourth-order valence-electron chi connectivity index (χ4n) is 3.14. The van der Waals surface area contributed by atoms with E-state index in [0.29, 0.717) is 39.5 Å². The Bertz CT molecular complexity index is 625. The maximum Gasteiger partial charge on any atom is 0.211 e. The van der Waals surface area contributed by atoms with Gasteiger partial charge in [0.1, 0.15) is 5.60 Å². The summed E-state index contributed by atoms with van der Waals surface area (Å²) >= 11 is 0. The molecule has 1 aromatic heterocycles. The van der Waals surface area contributed by atoms with Gasteiger partial charge in [-0.3, -0.25) is 9.88 Å². The van der Waals surface area contributed by atoms with Gasteiger partial charge in [0, 0.05) is 45.1 Å². The fraction of sp³-hybridized carbons (Fsp3) is 0.667. The summed E-state index contributed by atoms with van der Waals surface area (Å²) in [6.07, 6.45) is 4.81. The maximum atomic E-state index is 11.9. The van der Waals surface area contributed by atoms with Crippen molar-refractivity contribution in [2.75, 3.05) is 52.3 Å². The van der Waals surface area contributed by atoms with Crippen molar-refractivity contribution in [3.63, 3.8) is 0 Å². The first-order valence-electron chi connectivity index (χ1n) is 7.75. The molecular formula is C15H23N3O4S. The van der Waals surface area contributed by atoms with E-state index in [1.54, 1.807) is 12.4 Å². The molecule has 2 aliphatic heterocycles. The van der Waals surface area contributed by atoms with Crippen LogP contribution in [0.15, 0.2) is 24.5 Å². The van der Waals surface area contributed by atoms with Gasteiger partial charge in [-0.15, -0.1) is 0 Å². The highest BCUT2D eigenvalue weighted by atomic mass is 32.2. The lowest BCUT2D eigenvalue weighted by atomic mass is 10.0. The van der Waals surface area contributed by atoms with Gasteiger partial charge < -0.3 is 9.47 Å². The van der Waals surface area contributed by atoms with Crippen LogP contribution in [0.3, 0.4) is 0 Å². The van der Waals surface area contributed by atoms with Crippen LogP contribution in [0.25, 0.3) is 0 Å². The van der Waals surface area contributed by atoms with E-state index in [9.17, 15) is 8.42 Å². The summed E-state index contributed by atoms with van der Waals surface area (Å²) in [7, 11) is -3.22. The molecule has 23 heavy (non-hydrogen) atoms. The van der Waals surface area contributed by atoms with E-state index in [-0.39, 0.29) is 0 Å². The van der Waals surface area contributed by atoms with E-state index in [2.05, 4.69) is 9.88 Å². The van der Waals surface area contributed by atoms with Crippen molar-refractivity contribution in [1.82, 2.24) is 14.2 Å². The van der Waals surface area contributed by atoms with Gasteiger partial charge in [-0.2, -0.15) is 4.31 Å². The lowest BCUT2D eigenvalue weighted by Gasteiger charge is -2.42. The molecule has 2 fully saturated rings. The summed E-state index contributed by atoms with van der Waals surface area (Å²) in [6.45, 7) is 4.42. The summed E-state index contributed by atoms with van der Waals surface area (Å²) in [5.41, 5.74) is 0.582. The van der Waals surface area contributed by atoms with Crippen LogP contribution < -0.4 is 0 Å². The third kappa shape index (κ3) is 4.27. The Morgan fingerprint density at radius 1 is 1.22 bits per heavy atom. The number of aromatic nitrogens is 1. The van der Waals surface area contributed by atoms with Crippen LogP contribution in [0.4, 0.5) is 0 Å². The zero-order valence-corrected chi connectivity index (χ0v) is 14.2. The van der Waals surface area contributed by atoms with Crippen molar-refractivity contribution in [2.45, 2.75) is 12.1 Å². The van der Waals surface area contributed by atoms with Crippen molar-refractivity contribution in [3.8, 4) is 0 Å². The molecular weight excluding hydrogens is 318 g/mol. The minimum Gasteiger partial charge on any atom is -0.377 e. The molecule has 0 N–H and O–H groups in total. The summed E-state index contributed by atoms with van der Waals surface area (Å²) < 4.78 is 37.0. The average Bonchev–Trinajstić information content (AvgIpc) is 2.70. The Hall–Kier alpha value is -1.06. The van der Waals surface area contributed by atoms with Crippen molar-refractivity contribution in [2.24, 2.45) is 0 Å². The average molecular weight is 341 g/mol. The molecule has 1 spiro atoms. The predicted octanol–water partition coefficient (Wildman–Crippen LogP) is -0.0556. The van der Waals surface area contributed by atoms with Gasteiger partial charge in [0.25, 0.3) is 0 Å². The van der Waals surface area contributed by atoms with Gasteiger partial charge in [0.15, 0.2) is 0 Å². The lowest BCUT2D eigenvalue weighted by molar-refractivity contribution is -0.126. The van der Waals surface area contributed by atoms with Crippen LogP contribution in [0.1, 0.15) is 5.56 Å². The molecule has 3 heterocycles. The Kier molecular flexibility index (Phi) is 4.98. The van der Waals surface area contributed by atoms with Crippen LogP contribution in [0, 0.1) is 0 Å². The van der Waals surface area contributed by atoms with Crippen molar-refractivity contribution in [3.05, 3.63) is 30.1 Å². The molecule has 2 aliphatic rings. The largest absolute Gasteiger partial charge is 0.377 e. The molecule has 0 bridgehead atoms. The second-order valence-electron chi connectivity index (χ2n) is 6.25. The molecule has 1 atom stereocenters. The number of morpholine rings is 1. The molecule has 0 saturated carbocycles. The molecule has 8 heteroatoms. The van der Waals surface area contributed by atoms with E-state index in [0.717, 1.165) is 13.1 Å². The molecule has 0 aromatic carbocycles. The number of ether oxygens (including phenoxy) is 2. The maximum absolute atomic E-state index is 11.9. The van der Waals surface area contributed by atoms with Crippen LogP contribution in [0.2, 0.25) is 0 Å². The minimum atomic E-state index is -3.22. The summed E-state index contributed by atoms with van der Waals surface area (Å²) in [5.74, 6) is 0. The Balaban J connectivity index is 1.73. The van der Waals surface area contributed by atoms with Gasteiger partial charge in [0.2, 0.25) is 10.0 Å². The van der Waals surface area contributed by atoms with Gasteiger partial charge >= 0.3 is 0 Å². The van der Waals surface area contributed by atoms with E-state index >= 15 is 0 Å². The third-order valence-corrected chi connectivity index (χ3v) is 5.52. The van der Waals surface area contributed by atoms with E-state index in [4.69, 9.17) is 9.47 Å². The number of hydrogen-bond acceptors (Lipinski definition) is 6. The smallest absolute Gasteiger partial charge is 0.211 e. The Morgan fingerprint density at radius 3 is 2.74 bits per heavy atom. The zero-order valence-electron chi connectivity index (χ0n) is 13.3. The van der Waals surface area contributed by atoms with Crippen LogP contribution in [-0.2, 0) is 26.0 Å². The first-order chi connectivity index (χ1) is 11.0. The Morgan fingerprint density at radius 2 is 2.00 bits per heavy atom. The van der Waals surface area contributed by atoms with Crippen LogP contribution >= 0.6 is 0 Å². The normalized spacial score (nSPS) is 27.9. The van der Waals surface area contributed by atoms with E-state index in [1.165, 1.54) is 16.1 Å². The van der Waals surface area contributed by atoms with Gasteiger partial charge in [-0.25, -0.2) is 8.42 Å². The monoisotopic (exact) mass is 341 g/mol. The minimum absolute atomic E-state index is 0.346. The lowest BCUT2D eigenvalue weighted by Crippen LogP contribution is -2.59. The number of pyridine rings is 1. The highest BCUT2D eigenvalue weighted by molar-refractivity contribution is 7.88. The molecule has 1 aromatic rings. The highest BCUT2D eigenvalue weighted by Crippen LogP contribution is 2.24. The standard InChI is InChI=1S/C15H23N3O4S/c1-23(19,20)18-7-9-22-15(12-18)11-17(6-8-21-13-15)10-14-2-4-16-5-3-14/h2-5H,6-13H2,1H3/t15-/m1/s1. The summed E-state index contributed by atoms with van der Waals surface area (Å²) in [5, 5.41) is 0. The van der Waals surface area contributed by atoms with Crippen molar-refractivity contribution >= 4 is 10.0 Å². The van der Waals surface area contributed by atoms with Gasteiger partial charge in [-0.1, -0.05) is 0 Å². The first-order valence-corrected chi connectivity index (χ1v) is 9.60. The molecule has 128 valence electrons. The highest BCUT2D eigenvalue weighted by Gasteiger charge is 2.42. The van der Waals surface area contributed by atoms with Crippen molar-refractivity contribution < 1.29 is 17.9 Å². The fourth-order valence-corrected chi connectivity index (χ4v) is 4.02. The molecule has 0 amide bonds. The summed E-state index contributed by atoms with van der Waals surface area (Å²) in [6, 6.07) is 3.98. The molecule has 0 aliphatic carbocycles. The first kappa shape index (κ1) is 16.8. The Labute approximate surface area is 137 Å². The quantitative estimate of drug-likeness (QED) is 0.767.